The van der Waals surface area contributed by atoms with Crippen LogP contribution in [0.3, 0.4) is 0 Å². The summed E-state index contributed by atoms with van der Waals surface area (Å²) in [5, 5.41) is 2.42. The van der Waals surface area contributed by atoms with Crippen LogP contribution in [-0.4, -0.2) is 62.8 Å². The lowest BCUT2D eigenvalue weighted by Gasteiger charge is -2.41. The van der Waals surface area contributed by atoms with Gasteiger partial charge in [0.25, 0.3) is 11.8 Å². The molecule has 3 aromatic rings. The van der Waals surface area contributed by atoms with Crippen molar-refractivity contribution >= 4 is 58.2 Å². The van der Waals surface area contributed by atoms with E-state index in [1.165, 1.54) is 23.3 Å². The highest BCUT2D eigenvalue weighted by Crippen LogP contribution is 2.41. The molecule has 5 aliphatic heterocycles. The second kappa shape index (κ2) is 13.4. The summed E-state index contributed by atoms with van der Waals surface area (Å²) < 4.78 is 0. The van der Waals surface area contributed by atoms with Crippen molar-refractivity contribution in [3.8, 4) is 0 Å². The van der Waals surface area contributed by atoms with Gasteiger partial charge in [-0.1, -0.05) is 70.7 Å². The number of carbonyl (C=O) groups is 2. The molecule has 4 saturated heterocycles. The van der Waals surface area contributed by atoms with E-state index >= 15 is 0 Å². The van der Waals surface area contributed by atoms with Crippen molar-refractivity contribution in [2.24, 2.45) is 5.73 Å². The molecule has 5 heterocycles. The van der Waals surface area contributed by atoms with E-state index in [9.17, 15) is 9.59 Å². The third kappa shape index (κ3) is 6.35. The van der Waals surface area contributed by atoms with Gasteiger partial charge in [-0.25, -0.2) is 0 Å². The van der Waals surface area contributed by atoms with Gasteiger partial charge in [0.05, 0.1) is 31.2 Å². The summed E-state index contributed by atoms with van der Waals surface area (Å²) >= 11 is 24.2. The van der Waals surface area contributed by atoms with Crippen molar-refractivity contribution in [3.05, 3.63) is 103 Å². The molecule has 242 valence electrons. The Morgan fingerprint density at radius 2 is 0.978 bits per heavy atom. The summed E-state index contributed by atoms with van der Waals surface area (Å²) in [5.74, 6) is -0.272. The van der Waals surface area contributed by atoms with Crippen LogP contribution >= 0.6 is 46.4 Å². The van der Waals surface area contributed by atoms with Crippen molar-refractivity contribution in [2.75, 3.05) is 0 Å². The zero-order valence-corrected chi connectivity index (χ0v) is 28.6. The van der Waals surface area contributed by atoms with E-state index in [1.54, 1.807) is 12.1 Å². The zero-order chi connectivity index (χ0) is 32.1. The minimum absolute atomic E-state index is 0.0186. The molecule has 10 heteroatoms. The number of amides is 2. The monoisotopic (exact) mass is 698 g/mol. The number of imide groups is 1. The number of carbonyl (C=O) groups excluding carboxylic acids is 2. The molecule has 0 radical (unpaired) electrons. The van der Waals surface area contributed by atoms with E-state index in [2.05, 4.69) is 15.9 Å². The predicted molar refractivity (Wildman–Crippen MR) is 185 cm³/mol. The molecular weight excluding hydrogens is 662 g/mol. The molecule has 0 aromatic heterocycles. The Labute approximate surface area is 290 Å². The van der Waals surface area contributed by atoms with Gasteiger partial charge < -0.3 is 5.73 Å². The lowest BCUT2D eigenvalue weighted by atomic mass is 9.95. The third-order valence-corrected chi connectivity index (χ3v) is 12.1. The standard InChI is InChI=1S/C22H20Cl2N2O2.C14H18Cl2N2/c23-19-8-5-13(9-20(19)24)12-25-14-6-7-15(25)11-16(10-14)26-21(27)17-3-1-2-4-18(17)22(26)28;15-13-4-1-9(5-14(13)16)8-18-11-2-3-12(18)7-10(17)6-11/h1-5,8-9,14-16H,6-7,10-12H2;1,4-5,10-12H,2-3,6-8,17H2/t;10-,11-,12+. The molecule has 0 saturated carbocycles. The first kappa shape index (κ1) is 32.4. The number of halogens is 4. The first-order valence-electron chi connectivity index (χ1n) is 16.3. The van der Waals surface area contributed by atoms with Gasteiger partial charge in [0.2, 0.25) is 0 Å². The molecule has 4 fully saturated rings. The van der Waals surface area contributed by atoms with E-state index < -0.39 is 0 Å². The fraction of sp³-hybridized carbons (Fsp3) is 0.444. The number of hydrogen-bond acceptors (Lipinski definition) is 5. The van der Waals surface area contributed by atoms with Crippen LogP contribution in [0.1, 0.15) is 83.2 Å². The fourth-order valence-electron chi connectivity index (χ4n) is 8.53. The quantitative estimate of drug-likeness (QED) is 0.272. The van der Waals surface area contributed by atoms with Gasteiger partial charge in [-0.05, 0) is 98.9 Å². The minimum atomic E-state index is -0.136. The lowest BCUT2D eigenvalue weighted by molar-refractivity contribution is 0.0378. The molecule has 0 aliphatic carbocycles. The van der Waals surface area contributed by atoms with Crippen LogP contribution in [-0.2, 0) is 13.1 Å². The van der Waals surface area contributed by atoms with Crippen LogP contribution in [0.25, 0.3) is 0 Å². The van der Waals surface area contributed by atoms with Crippen LogP contribution in [0, 0.1) is 0 Å². The summed E-state index contributed by atoms with van der Waals surface area (Å²) in [4.78, 5) is 32.3. The topological polar surface area (TPSA) is 69.9 Å². The van der Waals surface area contributed by atoms with Gasteiger partial charge in [-0.2, -0.15) is 0 Å². The van der Waals surface area contributed by atoms with Crippen molar-refractivity contribution in [3.63, 3.8) is 0 Å². The molecule has 4 bridgehead atoms. The number of benzene rings is 3. The minimum Gasteiger partial charge on any atom is -0.328 e. The van der Waals surface area contributed by atoms with Crippen LogP contribution < -0.4 is 5.73 Å². The number of fused-ring (bicyclic) bond motifs is 5. The lowest BCUT2D eigenvalue weighted by Crippen LogP contribution is -2.51. The SMILES string of the molecule is N[C@@H]1C[C@H]2CC[C@@H](C1)N2Cc1ccc(Cl)c(Cl)c1.O=C1c2ccccc2C(=O)N1C1CC2CCC(C1)N2Cc1ccc(Cl)c(Cl)c1. The number of hydrogen-bond donors (Lipinski definition) is 1. The number of nitrogens with two attached hydrogens (primary N) is 1. The summed E-state index contributed by atoms with van der Waals surface area (Å²) in [6.45, 7) is 1.79. The van der Waals surface area contributed by atoms with Crippen LogP contribution in [0.15, 0.2) is 60.7 Å². The Kier molecular flexibility index (Phi) is 9.43. The first-order chi connectivity index (χ1) is 22.2. The van der Waals surface area contributed by atoms with Crippen molar-refractivity contribution in [1.29, 1.82) is 0 Å². The highest BCUT2D eigenvalue weighted by molar-refractivity contribution is 6.42. The second-order valence-electron chi connectivity index (χ2n) is 13.5. The van der Waals surface area contributed by atoms with Gasteiger partial charge >= 0.3 is 0 Å². The van der Waals surface area contributed by atoms with E-state index in [4.69, 9.17) is 52.1 Å². The summed E-state index contributed by atoms with van der Waals surface area (Å²) in [6.07, 6.45) is 8.74. The Morgan fingerprint density at radius 1 is 0.565 bits per heavy atom. The maximum absolute atomic E-state index is 12.8. The molecular formula is C36H38Cl4N4O2. The van der Waals surface area contributed by atoms with E-state index in [0.717, 1.165) is 57.2 Å². The van der Waals surface area contributed by atoms with Gasteiger partial charge in [0.15, 0.2) is 0 Å². The Bertz CT molecular complexity index is 1590. The molecule has 5 aliphatic rings. The summed E-state index contributed by atoms with van der Waals surface area (Å²) in [7, 11) is 0. The summed E-state index contributed by atoms with van der Waals surface area (Å²) in [6, 6.07) is 21.3. The Morgan fingerprint density at radius 3 is 1.39 bits per heavy atom. The Hall–Kier alpha value is -2.16. The maximum Gasteiger partial charge on any atom is 0.261 e. The van der Waals surface area contributed by atoms with Gasteiger partial charge in [-0.15, -0.1) is 0 Å². The van der Waals surface area contributed by atoms with Crippen molar-refractivity contribution in [1.82, 2.24) is 14.7 Å². The highest BCUT2D eigenvalue weighted by Gasteiger charge is 2.47. The molecule has 46 heavy (non-hydrogen) atoms. The van der Waals surface area contributed by atoms with Gasteiger partial charge in [-0.3, -0.25) is 24.3 Å². The average Bonchev–Trinajstić information content (AvgIpc) is 3.52. The average molecular weight is 701 g/mol. The zero-order valence-electron chi connectivity index (χ0n) is 25.6. The maximum atomic E-state index is 12.8. The largest absolute Gasteiger partial charge is 0.328 e. The summed E-state index contributed by atoms with van der Waals surface area (Å²) in [5.41, 5.74) is 9.56. The molecule has 3 aromatic carbocycles. The molecule has 8 rings (SSSR count). The van der Waals surface area contributed by atoms with Gasteiger partial charge in [0.1, 0.15) is 0 Å². The predicted octanol–water partition coefficient (Wildman–Crippen LogP) is 8.23. The van der Waals surface area contributed by atoms with Crippen molar-refractivity contribution < 1.29 is 9.59 Å². The second-order valence-corrected chi connectivity index (χ2v) is 15.1. The number of piperidine rings is 2. The fourth-order valence-corrected chi connectivity index (χ4v) is 9.17. The number of nitrogens with zero attached hydrogens (tertiary/aromatic N) is 3. The Balaban J connectivity index is 0.000000162. The highest BCUT2D eigenvalue weighted by atomic mass is 35.5. The normalized spacial score (nSPS) is 28.8. The molecule has 0 spiro atoms. The molecule has 5 atom stereocenters. The molecule has 2 N–H and O–H groups in total. The van der Waals surface area contributed by atoms with Crippen molar-refractivity contribution in [2.45, 2.75) is 101 Å². The van der Waals surface area contributed by atoms with E-state index in [-0.39, 0.29) is 17.9 Å². The van der Waals surface area contributed by atoms with Gasteiger partial charge in [0, 0.05) is 49.3 Å². The smallest absolute Gasteiger partial charge is 0.261 e. The number of rotatable bonds is 5. The van der Waals surface area contributed by atoms with Crippen LogP contribution in [0.2, 0.25) is 20.1 Å². The first-order valence-corrected chi connectivity index (χ1v) is 17.8. The molecule has 6 nitrogen and oxygen atoms in total. The molecule has 2 unspecified atom stereocenters. The molecule has 2 amide bonds. The van der Waals surface area contributed by atoms with E-state index in [1.807, 2.05) is 42.5 Å². The third-order valence-electron chi connectivity index (χ3n) is 10.7. The van der Waals surface area contributed by atoms with Crippen LogP contribution in [0.5, 0.6) is 0 Å². The van der Waals surface area contributed by atoms with Crippen LogP contribution in [0.4, 0.5) is 0 Å². The van der Waals surface area contributed by atoms with E-state index in [0.29, 0.717) is 61.4 Å².